The number of rotatable bonds is 3. The molecule has 0 bridgehead atoms. The molecule has 1 aliphatic heterocycles. The van der Waals surface area contributed by atoms with Crippen LogP contribution < -0.4 is 5.32 Å². The number of piperazine rings is 1. The molecule has 1 amide bonds. The molecule has 0 spiro atoms. The first-order valence-corrected chi connectivity index (χ1v) is 8.31. The lowest BCUT2D eigenvalue weighted by Crippen LogP contribution is -2.47. The van der Waals surface area contributed by atoms with Crippen molar-refractivity contribution in [1.29, 1.82) is 0 Å². The van der Waals surface area contributed by atoms with Gasteiger partial charge in [-0.25, -0.2) is 9.97 Å². The third-order valence-corrected chi connectivity index (χ3v) is 4.71. The standard InChI is InChI=1S/C16H17Cl2N5O/c1-22-5-7-23(8-6-22)15(24)11-9-19-16(20-10-11)21-13-4-2-3-12(17)14(13)18/h2-4,9-10H,5-8H2,1H3,(H,19,20,21). The number of anilines is 2. The Labute approximate surface area is 150 Å². The van der Waals surface area contributed by atoms with Crippen molar-refractivity contribution in [3.05, 3.63) is 46.2 Å². The maximum Gasteiger partial charge on any atom is 0.257 e. The smallest absolute Gasteiger partial charge is 0.257 e. The summed E-state index contributed by atoms with van der Waals surface area (Å²) in [5.74, 6) is 0.310. The molecule has 0 atom stereocenters. The van der Waals surface area contributed by atoms with Crippen LogP contribution in [0.15, 0.2) is 30.6 Å². The van der Waals surface area contributed by atoms with E-state index in [0.717, 1.165) is 13.1 Å². The number of hydrogen-bond donors (Lipinski definition) is 1. The first-order chi connectivity index (χ1) is 11.5. The van der Waals surface area contributed by atoms with Crippen molar-refractivity contribution >= 4 is 40.7 Å². The molecule has 3 rings (SSSR count). The topological polar surface area (TPSA) is 61.4 Å². The molecule has 2 aromatic rings. The fourth-order valence-electron chi connectivity index (χ4n) is 2.42. The summed E-state index contributed by atoms with van der Waals surface area (Å²) < 4.78 is 0. The van der Waals surface area contributed by atoms with Gasteiger partial charge in [-0.1, -0.05) is 29.3 Å². The molecular weight excluding hydrogens is 349 g/mol. The van der Waals surface area contributed by atoms with Gasteiger partial charge in [-0.3, -0.25) is 4.79 Å². The molecule has 1 N–H and O–H groups in total. The van der Waals surface area contributed by atoms with Gasteiger partial charge >= 0.3 is 0 Å². The van der Waals surface area contributed by atoms with Crippen LogP contribution in [-0.2, 0) is 0 Å². The van der Waals surface area contributed by atoms with Gasteiger partial charge in [-0.2, -0.15) is 0 Å². The molecule has 24 heavy (non-hydrogen) atoms. The third-order valence-electron chi connectivity index (χ3n) is 3.89. The lowest BCUT2D eigenvalue weighted by molar-refractivity contribution is 0.0663. The van der Waals surface area contributed by atoms with E-state index in [1.54, 1.807) is 18.2 Å². The van der Waals surface area contributed by atoms with Crippen molar-refractivity contribution < 1.29 is 4.79 Å². The van der Waals surface area contributed by atoms with Gasteiger partial charge in [0.05, 0.1) is 21.3 Å². The van der Waals surface area contributed by atoms with Crippen molar-refractivity contribution in [3.63, 3.8) is 0 Å². The van der Waals surface area contributed by atoms with Gasteiger partial charge in [-0.15, -0.1) is 0 Å². The molecule has 1 aromatic carbocycles. The first-order valence-electron chi connectivity index (χ1n) is 7.55. The average molecular weight is 366 g/mol. The number of nitrogens with one attached hydrogen (secondary N) is 1. The summed E-state index contributed by atoms with van der Waals surface area (Å²) in [6.07, 6.45) is 3.04. The van der Waals surface area contributed by atoms with Gasteiger partial charge in [-0.05, 0) is 19.2 Å². The van der Waals surface area contributed by atoms with E-state index in [9.17, 15) is 4.79 Å². The van der Waals surface area contributed by atoms with Crippen molar-refractivity contribution in [2.45, 2.75) is 0 Å². The van der Waals surface area contributed by atoms with Gasteiger partial charge in [0, 0.05) is 38.6 Å². The van der Waals surface area contributed by atoms with E-state index in [0.29, 0.717) is 40.3 Å². The van der Waals surface area contributed by atoms with Crippen molar-refractivity contribution in [3.8, 4) is 0 Å². The summed E-state index contributed by atoms with van der Waals surface area (Å²) in [6.45, 7) is 3.18. The largest absolute Gasteiger partial charge is 0.336 e. The predicted octanol–water partition coefficient (Wildman–Crippen LogP) is 2.91. The Morgan fingerprint density at radius 1 is 1.12 bits per heavy atom. The summed E-state index contributed by atoms with van der Waals surface area (Å²) in [7, 11) is 2.05. The lowest BCUT2D eigenvalue weighted by Gasteiger charge is -2.32. The van der Waals surface area contributed by atoms with E-state index in [-0.39, 0.29) is 5.91 Å². The number of hydrogen-bond acceptors (Lipinski definition) is 5. The van der Waals surface area contributed by atoms with E-state index in [1.807, 2.05) is 11.9 Å². The van der Waals surface area contributed by atoms with Crippen LogP contribution in [-0.4, -0.2) is 58.9 Å². The summed E-state index contributed by atoms with van der Waals surface area (Å²) in [5.41, 5.74) is 1.09. The second-order valence-electron chi connectivity index (χ2n) is 5.62. The Morgan fingerprint density at radius 2 is 1.79 bits per heavy atom. The minimum atomic E-state index is -0.0459. The third kappa shape index (κ3) is 3.77. The van der Waals surface area contributed by atoms with Crippen LogP contribution in [0.1, 0.15) is 10.4 Å². The molecule has 0 unspecified atom stereocenters. The van der Waals surface area contributed by atoms with Crippen molar-refractivity contribution in [2.24, 2.45) is 0 Å². The van der Waals surface area contributed by atoms with E-state index >= 15 is 0 Å². The minimum Gasteiger partial charge on any atom is -0.336 e. The Bertz CT molecular complexity index is 730. The molecule has 1 aliphatic rings. The molecule has 2 heterocycles. The van der Waals surface area contributed by atoms with E-state index in [1.165, 1.54) is 12.4 Å². The van der Waals surface area contributed by atoms with Crippen LogP contribution in [0.2, 0.25) is 10.0 Å². The highest BCUT2D eigenvalue weighted by Crippen LogP contribution is 2.30. The van der Waals surface area contributed by atoms with Crippen LogP contribution in [0.5, 0.6) is 0 Å². The van der Waals surface area contributed by atoms with Gasteiger partial charge < -0.3 is 15.1 Å². The van der Waals surface area contributed by atoms with Crippen LogP contribution in [0.4, 0.5) is 11.6 Å². The molecule has 126 valence electrons. The Hall–Kier alpha value is -1.89. The second-order valence-corrected chi connectivity index (χ2v) is 6.40. The number of benzene rings is 1. The minimum absolute atomic E-state index is 0.0459. The summed E-state index contributed by atoms with van der Waals surface area (Å²) in [6, 6.07) is 5.26. The number of nitrogens with zero attached hydrogens (tertiary/aromatic N) is 4. The molecular formula is C16H17Cl2N5O. The number of carbonyl (C=O) groups excluding carboxylic acids is 1. The molecule has 6 nitrogen and oxygen atoms in total. The summed E-state index contributed by atoms with van der Waals surface area (Å²) in [4.78, 5) is 24.8. The maximum absolute atomic E-state index is 12.4. The number of carbonyl (C=O) groups is 1. The Balaban J connectivity index is 1.69. The molecule has 1 saturated heterocycles. The molecule has 1 aromatic heterocycles. The highest BCUT2D eigenvalue weighted by Gasteiger charge is 2.20. The molecule has 0 radical (unpaired) electrons. The normalized spacial score (nSPS) is 15.4. The van der Waals surface area contributed by atoms with Gasteiger partial charge in [0.25, 0.3) is 5.91 Å². The fourth-order valence-corrected chi connectivity index (χ4v) is 2.76. The van der Waals surface area contributed by atoms with Crippen LogP contribution in [0, 0.1) is 0 Å². The number of amides is 1. The zero-order valence-corrected chi connectivity index (χ0v) is 14.7. The highest BCUT2D eigenvalue weighted by atomic mass is 35.5. The number of aromatic nitrogens is 2. The highest BCUT2D eigenvalue weighted by molar-refractivity contribution is 6.43. The zero-order chi connectivity index (χ0) is 17.1. The SMILES string of the molecule is CN1CCN(C(=O)c2cnc(Nc3cccc(Cl)c3Cl)nc2)CC1. The predicted molar refractivity (Wildman–Crippen MR) is 95.2 cm³/mol. The van der Waals surface area contributed by atoms with Crippen LogP contribution >= 0.6 is 23.2 Å². The lowest BCUT2D eigenvalue weighted by atomic mass is 10.2. The summed E-state index contributed by atoms with van der Waals surface area (Å²) >= 11 is 12.1. The van der Waals surface area contributed by atoms with Gasteiger partial charge in [0.2, 0.25) is 5.95 Å². The van der Waals surface area contributed by atoms with Crippen molar-refractivity contribution in [1.82, 2.24) is 19.8 Å². The quantitative estimate of drug-likeness (QED) is 0.905. The number of halogens is 2. The van der Waals surface area contributed by atoms with Crippen LogP contribution in [0.3, 0.4) is 0 Å². The summed E-state index contributed by atoms with van der Waals surface area (Å²) in [5, 5.41) is 3.85. The molecule has 0 saturated carbocycles. The average Bonchev–Trinajstić information content (AvgIpc) is 2.60. The van der Waals surface area contributed by atoms with Crippen LogP contribution in [0.25, 0.3) is 0 Å². The van der Waals surface area contributed by atoms with E-state index in [4.69, 9.17) is 23.2 Å². The zero-order valence-electron chi connectivity index (χ0n) is 13.2. The van der Waals surface area contributed by atoms with E-state index in [2.05, 4.69) is 20.2 Å². The Morgan fingerprint density at radius 3 is 2.46 bits per heavy atom. The van der Waals surface area contributed by atoms with Crippen molar-refractivity contribution in [2.75, 3.05) is 38.5 Å². The molecule has 0 aliphatic carbocycles. The maximum atomic E-state index is 12.4. The van der Waals surface area contributed by atoms with E-state index < -0.39 is 0 Å². The van der Waals surface area contributed by atoms with Gasteiger partial charge in [0.15, 0.2) is 0 Å². The fraction of sp³-hybridized carbons (Fsp3) is 0.312. The molecule has 1 fully saturated rings. The Kier molecular flexibility index (Phi) is 5.18. The molecule has 8 heteroatoms. The second kappa shape index (κ2) is 7.34. The van der Waals surface area contributed by atoms with Gasteiger partial charge in [0.1, 0.15) is 0 Å². The first kappa shape index (κ1) is 17.0. The monoisotopic (exact) mass is 365 g/mol. The number of likely N-dealkylation sites (N-methyl/N-ethyl adjacent to an activating group) is 1.